The minimum Gasteiger partial charge on any atom is -0.376 e. The fourth-order valence-electron chi connectivity index (χ4n) is 2.40. The zero-order valence-electron chi connectivity index (χ0n) is 10.3. The smallest absolute Gasteiger partial charge is 0.110 e. The number of aryl methyl sites for hydroxylation is 1. The van der Waals surface area contributed by atoms with Crippen LogP contribution in [-0.4, -0.2) is 35.4 Å². The molecule has 0 aromatic carbocycles. The SMILES string of the molecule is CNC(Cc1nccn1C)C1OCCC1C. The van der Waals surface area contributed by atoms with E-state index in [1.807, 2.05) is 26.5 Å². The highest BCUT2D eigenvalue weighted by atomic mass is 16.5. The third kappa shape index (κ3) is 2.28. The van der Waals surface area contributed by atoms with Gasteiger partial charge in [0.2, 0.25) is 0 Å². The highest BCUT2D eigenvalue weighted by Crippen LogP contribution is 2.24. The van der Waals surface area contributed by atoms with Crippen molar-refractivity contribution in [1.29, 1.82) is 0 Å². The average Bonchev–Trinajstić information content (AvgIpc) is 2.85. The van der Waals surface area contributed by atoms with Crippen LogP contribution in [0.1, 0.15) is 19.2 Å². The fraction of sp³-hybridized carbons (Fsp3) is 0.750. The summed E-state index contributed by atoms with van der Waals surface area (Å²) >= 11 is 0. The van der Waals surface area contributed by atoms with E-state index in [0.29, 0.717) is 18.1 Å². The van der Waals surface area contributed by atoms with Gasteiger partial charge in [-0.2, -0.15) is 0 Å². The Hall–Kier alpha value is -0.870. The van der Waals surface area contributed by atoms with Crippen molar-refractivity contribution in [3.8, 4) is 0 Å². The van der Waals surface area contributed by atoms with E-state index in [0.717, 1.165) is 18.9 Å². The van der Waals surface area contributed by atoms with Gasteiger partial charge in [0, 0.05) is 38.5 Å². The highest BCUT2D eigenvalue weighted by molar-refractivity contribution is 4.97. The average molecular weight is 223 g/mol. The number of hydrogen-bond donors (Lipinski definition) is 1. The largest absolute Gasteiger partial charge is 0.376 e. The lowest BCUT2D eigenvalue weighted by Crippen LogP contribution is -2.42. The van der Waals surface area contributed by atoms with Gasteiger partial charge < -0.3 is 14.6 Å². The predicted octanol–water partition coefficient (Wildman–Crippen LogP) is 0.976. The molecule has 0 aliphatic carbocycles. The Morgan fingerprint density at radius 3 is 3.00 bits per heavy atom. The first-order chi connectivity index (χ1) is 7.72. The van der Waals surface area contributed by atoms with Crippen LogP contribution in [-0.2, 0) is 18.2 Å². The molecule has 2 rings (SSSR count). The maximum atomic E-state index is 5.81. The van der Waals surface area contributed by atoms with E-state index in [1.165, 1.54) is 6.42 Å². The second-order valence-corrected chi connectivity index (χ2v) is 4.66. The second-order valence-electron chi connectivity index (χ2n) is 4.66. The predicted molar refractivity (Wildman–Crippen MR) is 63.3 cm³/mol. The lowest BCUT2D eigenvalue weighted by molar-refractivity contribution is 0.0626. The van der Waals surface area contributed by atoms with Crippen molar-refractivity contribution in [3.05, 3.63) is 18.2 Å². The number of aromatic nitrogens is 2. The quantitative estimate of drug-likeness (QED) is 0.827. The van der Waals surface area contributed by atoms with Crippen molar-refractivity contribution in [2.45, 2.75) is 31.9 Å². The molecule has 4 heteroatoms. The minimum atomic E-state index is 0.321. The zero-order valence-corrected chi connectivity index (χ0v) is 10.3. The standard InChI is InChI=1S/C12H21N3O/c1-9-4-7-16-12(9)10(13-2)8-11-14-5-6-15(11)3/h5-6,9-10,12-13H,4,7-8H2,1-3H3. The molecule has 0 bridgehead atoms. The number of nitrogens with one attached hydrogen (secondary N) is 1. The third-order valence-corrected chi connectivity index (χ3v) is 3.54. The molecule has 1 N–H and O–H groups in total. The topological polar surface area (TPSA) is 39.1 Å². The molecule has 1 aliphatic heterocycles. The normalized spacial score (nSPS) is 27.2. The van der Waals surface area contributed by atoms with Crippen LogP contribution in [0.5, 0.6) is 0 Å². The van der Waals surface area contributed by atoms with E-state index >= 15 is 0 Å². The maximum absolute atomic E-state index is 5.81. The lowest BCUT2D eigenvalue weighted by Gasteiger charge is -2.25. The van der Waals surface area contributed by atoms with Crippen LogP contribution >= 0.6 is 0 Å². The number of rotatable bonds is 4. The van der Waals surface area contributed by atoms with Gasteiger partial charge >= 0.3 is 0 Å². The van der Waals surface area contributed by atoms with Crippen LogP contribution in [0.2, 0.25) is 0 Å². The number of likely N-dealkylation sites (N-methyl/N-ethyl adjacent to an activating group) is 1. The summed E-state index contributed by atoms with van der Waals surface area (Å²) in [5.41, 5.74) is 0. The maximum Gasteiger partial charge on any atom is 0.110 e. The van der Waals surface area contributed by atoms with Crippen LogP contribution in [0.25, 0.3) is 0 Å². The third-order valence-electron chi connectivity index (χ3n) is 3.54. The van der Waals surface area contributed by atoms with E-state index in [2.05, 4.69) is 21.8 Å². The van der Waals surface area contributed by atoms with Gasteiger partial charge in [-0.1, -0.05) is 6.92 Å². The second kappa shape index (κ2) is 4.97. The first-order valence-electron chi connectivity index (χ1n) is 5.97. The van der Waals surface area contributed by atoms with Crippen molar-refractivity contribution in [2.75, 3.05) is 13.7 Å². The summed E-state index contributed by atoms with van der Waals surface area (Å²) in [6.07, 6.45) is 6.25. The molecule has 0 radical (unpaired) electrons. The molecule has 0 saturated carbocycles. The summed E-state index contributed by atoms with van der Waals surface area (Å²) in [5.74, 6) is 1.75. The lowest BCUT2D eigenvalue weighted by atomic mass is 9.95. The molecule has 0 amide bonds. The van der Waals surface area contributed by atoms with Gasteiger partial charge in [-0.15, -0.1) is 0 Å². The first-order valence-corrected chi connectivity index (χ1v) is 5.97. The van der Waals surface area contributed by atoms with Gasteiger partial charge in [-0.05, 0) is 19.4 Å². The molecule has 1 fully saturated rings. The summed E-state index contributed by atoms with van der Waals surface area (Å²) < 4.78 is 7.88. The summed E-state index contributed by atoms with van der Waals surface area (Å²) in [6, 6.07) is 0.360. The molecular formula is C12H21N3O. The van der Waals surface area contributed by atoms with Gasteiger partial charge in [0.1, 0.15) is 5.82 Å². The first kappa shape index (κ1) is 11.6. The zero-order chi connectivity index (χ0) is 11.5. The van der Waals surface area contributed by atoms with Crippen molar-refractivity contribution >= 4 is 0 Å². The molecule has 90 valence electrons. The Labute approximate surface area is 97.0 Å². The van der Waals surface area contributed by atoms with Gasteiger partial charge in [-0.3, -0.25) is 0 Å². The van der Waals surface area contributed by atoms with Crippen molar-refractivity contribution < 1.29 is 4.74 Å². The van der Waals surface area contributed by atoms with E-state index in [9.17, 15) is 0 Å². The number of hydrogen-bond acceptors (Lipinski definition) is 3. The van der Waals surface area contributed by atoms with E-state index in [-0.39, 0.29) is 0 Å². The highest BCUT2D eigenvalue weighted by Gasteiger charge is 2.31. The van der Waals surface area contributed by atoms with E-state index < -0.39 is 0 Å². The summed E-state index contributed by atoms with van der Waals surface area (Å²) in [4.78, 5) is 4.37. The Morgan fingerprint density at radius 2 is 2.50 bits per heavy atom. The van der Waals surface area contributed by atoms with Crippen molar-refractivity contribution in [2.24, 2.45) is 13.0 Å². The van der Waals surface area contributed by atoms with Gasteiger partial charge in [-0.25, -0.2) is 4.98 Å². The summed E-state index contributed by atoms with van der Waals surface area (Å²) in [6.45, 7) is 3.16. The minimum absolute atomic E-state index is 0.321. The molecular weight excluding hydrogens is 202 g/mol. The monoisotopic (exact) mass is 223 g/mol. The summed E-state index contributed by atoms with van der Waals surface area (Å²) in [5, 5.41) is 3.36. The van der Waals surface area contributed by atoms with Crippen LogP contribution in [0, 0.1) is 5.92 Å². The molecule has 3 unspecified atom stereocenters. The summed E-state index contributed by atoms with van der Waals surface area (Å²) in [7, 11) is 4.04. The van der Waals surface area contributed by atoms with E-state index in [4.69, 9.17) is 4.74 Å². The Bertz CT molecular complexity index is 337. The van der Waals surface area contributed by atoms with Crippen LogP contribution in [0.4, 0.5) is 0 Å². The van der Waals surface area contributed by atoms with Crippen LogP contribution in [0.3, 0.4) is 0 Å². The molecule has 0 spiro atoms. The van der Waals surface area contributed by atoms with Crippen LogP contribution in [0.15, 0.2) is 12.4 Å². The Balaban J connectivity index is 2.03. The molecule has 1 aliphatic rings. The van der Waals surface area contributed by atoms with Gasteiger partial charge in [0.25, 0.3) is 0 Å². The Kier molecular flexibility index (Phi) is 3.61. The fourth-order valence-corrected chi connectivity index (χ4v) is 2.40. The van der Waals surface area contributed by atoms with Crippen molar-refractivity contribution in [3.63, 3.8) is 0 Å². The molecule has 1 aromatic rings. The van der Waals surface area contributed by atoms with E-state index in [1.54, 1.807) is 0 Å². The molecule has 4 nitrogen and oxygen atoms in total. The number of ether oxygens (including phenoxy) is 1. The molecule has 16 heavy (non-hydrogen) atoms. The molecule has 1 saturated heterocycles. The van der Waals surface area contributed by atoms with Crippen LogP contribution < -0.4 is 5.32 Å². The molecule has 2 heterocycles. The van der Waals surface area contributed by atoms with Gasteiger partial charge in [0.15, 0.2) is 0 Å². The number of imidazole rings is 1. The molecule has 3 atom stereocenters. The molecule has 1 aromatic heterocycles. The Morgan fingerprint density at radius 1 is 1.69 bits per heavy atom. The van der Waals surface area contributed by atoms with Gasteiger partial charge in [0.05, 0.1) is 6.10 Å². The van der Waals surface area contributed by atoms with Crippen molar-refractivity contribution in [1.82, 2.24) is 14.9 Å². The number of nitrogens with zero attached hydrogens (tertiary/aromatic N) is 2.